The number of aliphatic hydroxyl groups excluding tert-OH is 1. The highest BCUT2D eigenvalue weighted by atomic mass is 32.2. The molecule has 0 heterocycles. The summed E-state index contributed by atoms with van der Waals surface area (Å²) in [5, 5.41) is 9.10. The number of rotatable bonds is 4. The van der Waals surface area contributed by atoms with E-state index in [2.05, 4.69) is 4.72 Å². The molecule has 2 N–H and O–H groups in total. The molecule has 0 atom stereocenters. The Morgan fingerprint density at radius 1 is 1.29 bits per heavy atom. The van der Waals surface area contributed by atoms with E-state index in [1.807, 2.05) is 13.0 Å². The van der Waals surface area contributed by atoms with Crippen molar-refractivity contribution < 1.29 is 13.5 Å². The predicted molar refractivity (Wildman–Crippen MR) is 67.4 cm³/mol. The van der Waals surface area contributed by atoms with Crippen molar-refractivity contribution in [2.45, 2.75) is 38.1 Å². The Labute approximate surface area is 103 Å². The predicted octanol–water partition coefficient (Wildman–Crippen LogP) is 1.35. The molecule has 0 saturated carbocycles. The van der Waals surface area contributed by atoms with E-state index in [0.29, 0.717) is 5.56 Å². The Bertz CT molecular complexity index is 506. The molecule has 4 nitrogen and oxygen atoms in total. The lowest BCUT2D eigenvalue weighted by Crippen LogP contribution is -2.46. The summed E-state index contributed by atoms with van der Waals surface area (Å²) in [6.07, 6.45) is 0. The lowest BCUT2D eigenvalue weighted by molar-refractivity contribution is 0.208. The molecule has 0 aliphatic rings. The molecule has 1 aromatic rings. The Hall–Kier alpha value is -0.910. The number of hydrogen-bond acceptors (Lipinski definition) is 3. The van der Waals surface area contributed by atoms with E-state index in [0.717, 1.165) is 5.56 Å². The van der Waals surface area contributed by atoms with E-state index in [4.69, 9.17) is 5.11 Å². The van der Waals surface area contributed by atoms with E-state index in [1.165, 1.54) is 0 Å². The summed E-state index contributed by atoms with van der Waals surface area (Å²) in [6, 6.07) is 5.27. The molecule has 17 heavy (non-hydrogen) atoms. The first-order valence-electron chi connectivity index (χ1n) is 5.40. The first-order valence-corrected chi connectivity index (χ1v) is 6.88. The second-order valence-corrected chi connectivity index (χ2v) is 6.57. The lowest BCUT2D eigenvalue weighted by atomic mass is 10.1. The van der Waals surface area contributed by atoms with Crippen LogP contribution >= 0.6 is 0 Å². The second kappa shape index (κ2) is 4.76. The largest absolute Gasteiger partial charge is 0.394 e. The van der Waals surface area contributed by atoms with Gasteiger partial charge < -0.3 is 5.11 Å². The molecule has 0 aliphatic heterocycles. The molecule has 96 valence electrons. The van der Waals surface area contributed by atoms with Crippen molar-refractivity contribution >= 4 is 10.0 Å². The number of benzene rings is 1. The molecule has 0 amide bonds. The molecule has 0 saturated heterocycles. The highest BCUT2D eigenvalue weighted by Crippen LogP contribution is 2.18. The van der Waals surface area contributed by atoms with Crippen molar-refractivity contribution in [3.8, 4) is 0 Å². The molecule has 0 bridgehead atoms. The maximum absolute atomic E-state index is 12.2. The summed E-state index contributed by atoms with van der Waals surface area (Å²) >= 11 is 0. The van der Waals surface area contributed by atoms with Crippen molar-refractivity contribution in [2.24, 2.45) is 0 Å². The van der Waals surface area contributed by atoms with Gasteiger partial charge in [0.05, 0.1) is 17.0 Å². The molecular weight excluding hydrogens is 238 g/mol. The van der Waals surface area contributed by atoms with Gasteiger partial charge in [-0.2, -0.15) is 0 Å². The van der Waals surface area contributed by atoms with Gasteiger partial charge in [0, 0.05) is 0 Å². The van der Waals surface area contributed by atoms with Crippen LogP contribution in [-0.2, 0) is 10.0 Å². The third-order valence-electron chi connectivity index (χ3n) is 2.44. The van der Waals surface area contributed by atoms with E-state index in [1.54, 1.807) is 32.9 Å². The topological polar surface area (TPSA) is 66.4 Å². The summed E-state index contributed by atoms with van der Waals surface area (Å²) in [5.41, 5.74) is 0.712. The van der Waals surface area contributed by atoms with Crippen molar-refractivity contribution in [3.63, 3.8) is 0 Å². The number of hydrogen-bond donors (Lipinski definition) is 2. The molecule has 0 aromatic heterocycles. The minimum atomic E-state index is -3.59. The average Bonchev–Trinajstić information content (AvgIpc) is 2.20. The van der Waals surface area contributed by atoms with Crippen LogP contribution < -0.4 is 4.72 Å². The maximum atomic E-state index is 12.2. The van der Waals surface area contributed by atoms with Gasteiger partial charge in [0.1, 0.15) is 0 Å². The Kier molecular flexibility index (Phi) is 3.96. The molecular formula is C12H19NO3S. The standard InChI is InChI=1S/C12H19NO3S/c1-9-5-6-10(2)11(7-9)17(15,16)13-12(3,4)8-14/h5-7,13-14H,8H2,1-4H3. The summed E-state index contributed by atoms with van der Waals surface area (Å²) < 4.78 is 26.8. The number of aliphatic hydroxyl groups is 1. The first-order chi connectivity index (χ1) is 7.68. The van der Waals surface area contributed by atoms with Gasteiger partial charge in [-0.15, -0.1) is 0 Å². The van der Waals surface area contributed by atoms with Crippen LogP contribution in [0.2, 0.25) is 0 Å². The zero-order chi connectivity index (χ0) is 13.3. The van der Waals surface area contributed by atoms with Crippen molar-refractivity contribution in [3.05, 3.63) is 29.3 Å². The quantitative estimate of drug-likeness (QED) is 0.855. The van der Waals surface area contributed by atoms with Crippen LogP contribution in [-0.4, -0.2) is 25.7 Å². The van der Waals surface area contributed by atoms with Crippen molar-refractivity contribution in [2.75, 3.05) is 6.61 Å². The molecule has 0 aliphatic carbocycles. The smallest absolute Gasteiger partial charge is 0.241 e. The first kappa shape index (κ1) is 14.2. The van der Waals surface area contributed by atoms with Gasteiger partial charge in [0.25, 0.3) is 0 Å². The highest BCUT2D eigenvalue weighted by Gasteiger charge is 2.26. The SMILES string of the molecule is Cc1ccc(C)c(S(=O)(=O)NC(C)(C)CO)c1. The monoisotopic (exact) mass is 257 g/mol. The van der Waals surface area contributed by atoms with Crippen LogP contribution in [0.3, 0.4) is 0 Å². The number of aryl methyl sites for hydroxylation is 2. The minimum Gasteiger partial charge on any atom is -0.394 e. The van der Waals surface area contributed by atoms with E-state index >= 15 is 0 Å². The van der Waals surface area contributed by atoms with E-state index in [9.17, 15) is 8.42 Å². The fraction of sp³-hybridized carbons (Fsp3) is 0.500. The lowest BCUT2D eigenvalue weighted by Gasteiger charge is -2.23. The van der Waals surface area contributed by atoms with Crippen molar-refractivity contribution in [1.82, 2.24) is 4.72 Å². The molecule has 0 unspecified atom stereocenters. The van der Waals surface area contributed by atoms with Gasteiger partial charge >= 0.3 is 0 Å². The number of sulfonamides is 1. The van der Waals surface area contributed by atoms with E-state index < -0.39 is 15.6 Å². The van der Waals surface area contributed by atoms with Gasteiger partial charge in [-0.1, -0.05) is 12.1 Å². The zero-order valence-electron chi connectivity index (χ0n) is 10.6. The Balaban J connectivity index is 3.18. The van der Waals surface area contributed by atoms with Crippen LogP contribution in [0.5, 0.6) is 0 Å². The molecule has 0 spiro atoms. The van der Waals surface area contributed by atoms with Gasteiger partial charge in [0.2, 0.25) is 10.0 Å². The maximum Gasteiger partial charge on any atom is 0.241 e. The van der Waals surface area contributed by atoms with Crippen LogP contribution in [0.15, 0.2) is 23.1 Å². The fourth-order valence-electron chi connectivity index (χ4n) is 1.45. The minimum absolute atomic E-state index is 0.253. The Morgan fingerprint density at radius 2 is 1.88 bits per heavy atom. The van der Waals surface area contributed by atoms with Crippen LogP contribution in [0, 0.1) is 13.8 Å². The summed E-state index contributed by atoms with van der Waals surface area (Å²) in [7, 11) is -3.59. The average molecular weight is 257 g/mol. The normalized spacial score (nSPS) is 12.8. The molecule has 1 rings (SSSR count). The molecule has 0 fully saturated rings. The Morgan fingerprint density at radius 3 is 2.41 bits per heavy atom. The molecule has 0 radical (unpaired) electrons. The third-order valence-corrected chi connectivity index (χ3v) is 4.28. The van der Waals surface area contributed by atoms with Gasteiger partial charge in [-0.3, -0.25) is 0 Å². The van der Waals surface area contributed by atoms with Gasteiger partial charge in [0.15, 0.2) is 0 Å². The molecule has 1 aromatic carbocycles. The second-order valence-electron chi connectivity index (χ2n) is 4.92. The summed E-state index contributed by atoms with van der Waals surface area (Å²) in [4.78, 5) is 0.263. The van der Waals surface area contributed by atoms with Crippen LogP contribution in [0.4, 0.5) is 0 Å². The highest BCUT2D eigenvalue weighted by molar-refractivity contribution is 7.89. The van der Waals surface area contributed by atoms with Gasteiger partial charge in [-0.05, 0) is 44.9 Å². The van der Waals surface area contributed by atoms with Crippen molar-refractivity contribution in [1.29, 1.82) is 0 Å². The third kappa shape index (κ3) is 3.52. The van der Waals surface area contributed by atoms with Gasteiger partial charge in [-0.25, -0.2) is 13.1 Å². The van der Waals surface area contributed by atoms with E-state index in [-0.39, 0.29) is 11.5 Å². The summed E-state index contributed by atoms with van der Waals surface area (Å²) in [6.45, 7) is 6.61. The fourth-order valence-corrected chi connectivity index (χ4v) is 3.18. The summed E-state index contributed by atoms with van der Waals surface area (Å²) in [5.74, 6) is 0. The molecule has 5 heteroatoms. The zero-order valence-corrected chi connectivity index (χ0v) is 11.4. The van der Waals surface area contributed by atoms with Crippen LogP contribution in [0.25, 0.3) is 0 Å². The van der Waals surface area contributed by atoms with Crippen LogP contribution in [0.1, 0.15) is 25.0 Å². The number of nitrogens with one attached hydrogen (secondary N) is 1.